The van der Waals surface area contributed by atoms with E-state index in [1.807, 2.05) is 53.8 Å². The van der Waals surface area contributed by atoms with Crippen LogP contribution in [0.5, 0.6) is 0 Å². The number of aryl methyl sites for hydroxylation is 13. The van der Waals surface area contributed by atoms with Crippen molar-refractivity contribution in [1.82, 2.24) is 0 Å². The van der Waals surface area contributed by atoms with Crippen molar-refractivity contribution in [1.29, 1.82) is 0 Å². The normalized spacial score (nSPS) is 15.4. The van der Waals surface area contributed by atoms with Crippen LogP contribution < -0.4 is 18.3 Å². The summed E-state index contributed by atoms with van der Waals surface area (Å²) >= 11 is 0. The average Bonchev–Trinajstić information content (AvgIpc) is 1.40. The van der Waals surface area contributed by atoms with Gasteiger partial charge in [0.05, 0.1) is 32.7 Å². The molecule has 18 rings (SSSR count). The van der Waals surface area contributed by atoms with E-state index < -0.39 is 0 Å². The maximum atomic E-state index is 15.1. The van der Waals surface area contributed by atoms with E-state index in [1.54, 1.807) is 16.7 Å². The number of pyridine rings is 4. The van der Waals surface area contributed by atoms with Gasteiger partial charge in [0.15, 0.2) is 24.8 Å². The smallest absolute Gasteiger partial charge is 0.206 e. The summed E-state index contributed by atoms with van der Waals surface area (Å²) in [5, 5.41) is 10.3. The summed E-state index contributed by atoms with van der Waals surface area (Å²) in [7, 11) is 8.44. The molecule has 13 aromatic rings. The molecule has 4 fully saturated rings. The van der Waals surface area contributed by atoms with Gasteiger partial charge in [-0.3, -0.25) is 0 Å². The van der Waals surface area contributed by atoms with Crippen LogP contribution in [0.3, 0.4) is 0 Å². The topological polar surface area (TPSA) is 15.5 Å². The lowest BCUT2D eigenvalue weighted by Gasteiger charge is -2.14. The van der Waals surface area contributed by atoms with Crippen LogP contribution in [-0.2, 0) is 41.0 Å². The van der Waals surface area contributed by atoms with Crippen molar-refractivity contribution in [2.75, 3.05) is 0 Å². The highest BCUT2D eigenvalue weighted by Crippen LogP contribution is 2.44. The number of benzene rings is 9. The van der Waals surface area contributed by atoms with E-state index in [2.05, 4.69) is 244 Å². The Bertz CT molecular complexity index is 5610. The second-order valence-electron chi connectivity index (χ2n) is 33.6. The first kappa shape index (κ1) is 74.9. The lowest BCUT2D eigenvalue weighted by atomic mass is 9.90. The van der Waals surface area contributed by atoms with E-state index in [0.29, 0.717) is 23.0 Å². The van der Waals surface area contributed by atoms with Crippen LogP contribution in [0.25, 0.3) is 99.2 Å². The molecule has 4 heterocycles. The molecule has 0 unspecified atom stereocenters. The Morgan fingerprint density at radius 3 is 1.08 bits per heavy atom. The zero-order chi connectivity index (χ0) is 76.1. The Labute approximate surface area is 648 Å². The molecule has 9 aromatic carbocycles. The van der Waals surface area contributed by atoms with E-state index >= 15 is 4.39 Å². The van der Waals surface area contributed by atoms with Gasteiger partial charge in [0.25, 0.3) is 0 Å². The van der Waals surface area contributed by atoms with E-state index in [4.69, 9.17) is 0 Å². The highest BCUT2D eigenvalue weighted by Gasteiger charge is 2.29. The number of aromatic nitrogens is 4. The molecule has 4 saturated carbocycles. The number of nitrogens with zero attached hydrogens (tertiary/aromatic N) is 4. The van der Waals surface area contributed by atoms with Crippen LogP contribution >= 0.6 is 0 Å². The predicted molar refractivity (Wildman–Crippen MR) is 452 cm³/mol. The fourth-order valence-electron chi connectivity index (χ4n) is 19.9. The van der Waals surface area contributed by atoms with Gasteiger partial charge in [0.1, 0.15) is 39.8 Å². The number of halogens is 2. The van der Waals surface area contributed by atoms with Gasteiger partial charge in [-0.1, -0.05) is 142 Å². The van der Waals surface area contributed by atoms with Gasteiger partial charge >= 0.3 is 0 Å². The maximum Gasteiger partial charge on any atom is 0.223 e. The van der Waals surface area contributed by atoms with Crippen molar-refractivity contribution in [2.24, 2.45) is 28.2 Å². The third-order valence-electron chi connectivity index (χ3n) is 26.4. The SMILES string of the molecule is Cc1cc(-c2c(C)cccc2C)ccc1-c1c2ccc(C3CCCC3)cc2cc[n+]1C.Cc1cc(-c2c3ccc(C4CCCC4)cc3cc[n+]2C)c(C)c(C)c1F.Cc1cc(C)c(F)c(-c2c3ccc(C4CCCC4)cc3cc[n+]2C)c1C.Cc1cc2c(cc1-c1c3ccc(C4CCCC4)cc3cc[n+]1C)CCC2. The van der Waals surface area contributed by atoms with Crippen LogP contribution in [-0.4, -0.2) is 0 Å². The van der Waals surface area contributed by atoms with Crippen molar-refractivity contribution in [2.45, 2.75) is 215 Å². The zero-order valence-electron chi connectivity index (χ0n) is 67.6. The van der Waals surface area contributed by atoms with Gasteiger partial charge in [-0.2, -0.15) is 0 Å². The quantitative estimate of drug-likeness (QED) is 0.128. The van der Waals surface area contributed by atoms with Crippen molar-refractivity contribution < 1.29 is 27.0 Å². The summed E-state index contributed by atoms with van der Waals surface area (Å²) in [6, 6.07) is 59.4. The summed E-state index contributed by atoms with van der Waals surface area (Å²) in [6.07, 6.45) is 34.0. The summed E-state index contributed by atoms with van der Waals surface area (Å²) in [6.45, 7) is 20.6. The van der Waals surface area contributed by atoms with Gasteiger partial charge in [0, 0.05) is 35.4 Å². The number of fused-ring (bicyclic) bond motifs is 5. The third-order valence-corrected chi connectivity index (χ3v) is 26.4. The van der Waals surface area contributed by atoms with Crippen molar-refractivity contribution in [3.8, 4) is 56.2 Å². The van der Waals surface area contributed by atoms with Crippen LogP contribution in [0.4, 0.5) is 8.78 Å². The number of rotatable bonds is 9. The molecule has 109 heavy (non-hydrogen) atoms. The number of hydrogen-bond donors (Lipinski definition) is 0. The summed E-state index contributed by atoms with van der Waals surface area (Å²) in [5.41, 5.74) is 31.9. The summed E-state index contributed by atoms with van der Waals surface area (Å²) in [5.74, 6) is 2.75. The third kappa shape index (κ3) is 15.0. The van der Waals surface area contributed by atoms with Gasteiger partial charge in [-0.15, -0.1) is 0 Å². The van der Waals surface area contributed by atoms with Gasteiger partial charge in [0.2, 0.25) is 22.8 Å². The summed E-state index contributed by atoms with van der Waals surface area (Å²) in [4.78, 5) is 0. The van der Waals surface area contributed by atoms with Crippen LogP contribution in [0.1, 0.15) is 222 Å². The number of hydrogen-bond acceptors (Lipinski definition) is 0. The molecule has 5 aliphatic carbocycles. The Balaban J connectivity index is 0.000000116. The molecule has 0 aliphatic heterocycles. The van der Waals surface area contributed by atoms with Gasteiger partial charge in [-0.25, -0.2) is 27.0 Å². The monoisotopic (exact) mass is 1440 g/mol. The molecule has 4 nitrogen and oxygen atoms in total. The first-order valence-corrected chi connectivity index (χ1v) is 41.2. The molecule has 0 saturated heterocycles. The second-order valence-corrected chi connectivity index (χ2v) is 33.6. The van der Waals surface area contributed by atoms with E-state index in [1.165, 1.54) is 238 Å². The molecule has 0 atom stereocenters. The minimum atomic E-state index is -0.101. The molecule has 0 N–H and O–H groups in total. The molecule has 4 aromatic heterocycles. The predicted octanol–water partition coefficient (Wildman–Crippen LogP) is 25.5. The highest BCUT2D eigenvalue weighted by atomic mass is 19.1. The Morgan fingerprint density at radius 1 is 0.275 bits per heavy atom. The molecule has 0 amide bonds. The maximum absolute atomic E-state index is 15.1. The molecule has 556 valence electrons. The largest absolute Gasteiger partial charge is 0.223 e. The van der Waals surface area contributed by atoms with Gasteiger partial charge in [-0.05, 0) is 328 Å². The van der Waals surface area contributed by atoms with Crippen LogP contribution in [0.15, 0.2) is 183 Å². The van der Waals surface area contributed by atoms with E-state index in [9.17, 15) is 4.39 Å². The molecule has 5 aliphatic rings. The molecule has 6 heteroatoms. The van der Waals surface area contributed by atoms with Crippen molar-refractivity contribution >= 4 is 43.1 Å². The van der Waals surface area contributed by atoms with Crippen molar-refractivity contribution in [3.63, 3.8) is 0 Å². The van der Waals surface area contributed by atoms with Crippen LogP contribution in [0, 0.1) is 80.9 Å². The second kappa shape index (κ2) is 31.8. The fraction of sp³-hybridized carbons (Fsp3) is 0.359. The van der Waals surface area contributed by atoms with Gasteiger partial charge < -0.3 is 0 Å². The minimum absolute atomic E-state index is 0.0855. The lowest BCUT2D eigenvalue weighted by molar-refractivity contribution is -0.659. The minimum Gasteiger partial charge on any atom is -0.206 e. The van der Waals surface area contributed by atoms with Crippen molar-refractivity contribution in [3.05, 3.63) is 283 Å². The lowest BCUT2D eigenvalue weighted by Crippen LogP contribution is -2.31. The molecular formula is C103H114F2N4+4. The Morgan fingerprint density at radius 2 is 0.651 bits per heavy atom. The first-order chi connectivity index (χ1) is 52.7. The Kier molecular flexibility index (Phi) is 21.9. The standard InChI is InChI=1S/C30H32N.C25H28N.2C24H27FN/c1-20-8-7-9-21(2)29(20)26-13-14-27(22(3)18-26)30-28-15-12-24(23-10-5-6-11-23)19-25(28)16-17-31(30)4;1-17-14-19-8-5-9-20(19)16-24(17)25-23-11-10-21(18-6-3-4-7-18)15-22(23)12-13-26(25)2;1-15-13-22(16(2)17(3)23(15)25)24-21-10-9-19(18-7-5-6-8-18)14-20(21)11-12-26(24)4;1-15-13-16(2)23(25)22(17(15)3)24-21-10-9-19(18-7-5-6-8-18)14-20(21)11-12-26(24)4/h7-9,12-19,23H,5-6,10-11H2,1-4H3;10-16,18H,3-9H2,1-2H3;2*9-14,18H,5-8H2,1-4H3/q4*+1. The first-order valence-electron chi connectivity index (χ1n) is 41.2. The molecule has 0 spiro atoms. The summed E-state index contributed by atoms with van der Waals surface area (Å²) < 4.78 is 38.3. The molecular weight excluding hydrogens is 1330 g/mol. The molecule has 0 radical (unpaired) electrons. The Hall–Kier alpha value is -9.52. The molecule has 0 bridgehead atoms. The average molecular weight is 1450 g/mol. The van der Waals surface area contributed by atoms with E-state index in [-0.39, 0.29) is 11.6 Å². The zero-order valence-corrected chi connectivity index (χ0v) is 67.6. The van der Waals surface area contributed by atoms with E-state index in [0.717, 1.165) is 56.3 Å². The highest BCUT2D eigenvalue weighted by molar-refractivity contribution is 5.98. The van der Waals surface area contributed by atoms with Crippen LogP contribution in [0.2, 0.25) is 0 Å². The fourth-order valence-corrected chi connectivity index (χ4v) is 19.9.